The number of halogens is 3. The molecule has 1 aliphatic heterocycles. The molecule has 1 aliphatic rings. The summed E-state index contributed by atoms with van der Waals surface area (Å²) in [6.07, 6.45) is -3.49. The third-order valence-corrected chi connectivity index (χ3v) is 4.09. The molecule has 0 radical (unpaired) electrons. The fourth-order valence-corrected chi connectivity index (χ4v) is 2.87. The lowest BCUT2D eigenvalue weighted by molar-refractivity contribution is -0.157. The number of piperidine rings is 1. The lowest BCUT2D eigenvalue weighted by Gasteiger charge is -2.36. The van der Waals surface area contributed by atoms with Crippen LogP contribution < -0.4 is 5.32 Å². The van der Waals surface area contributed by atoms with Crippen LogP contribution in [0.1, 0.15) is 26.7 Å². The molecule has 144 valence electrons. The van der Waals surface area contributed by atoms with Crippen LogP contribution in [0.25, 0.3) is 0 Å². The quantitative estimate of drug-likeness (QED) is 0.691. The first kappa shape index (κ1) is 21.2. The molecule has 0 spiro atoms. The molecule has 0 aliphatic carbocycles. The number of aliphatic carboxylic acids is 1. The van der Waals surface area contributed by atoms with E-state index in [4.69, 9.17) is 0 Å². The van der Waals surface area contributed by atoms with E-state index in [2.05, 4.69) is 5.32 Å². The van der Waals surface area contributed by atoms with Crippen LogP contribution in [-0.2, 0) is 14.4 Å². The third-order valence-electron chi connectivity index (χ3n) is 4.09. The molecule has 0 aromatic rings. The van der Waals surface area contributed by atoms with Gasteiger partial charge in [0.25, 0.3) is 0 Å². The average Bonchev–Trinajstić information content (AvgIpc) is 2.48. The number of carbonyl (C=O) groups is 3. The fourth-order valence-electron chi connectivity index (χ4n) is 2.87. The summed E-state index contributed by atoms with van der Waals surface area (Å²) in [5.74, 6) is -2.70. The third kappa shape index (κ3) is 7.29. The lowest BCUT2D eigenvalue weighted by Crippen LogP contribution is -2.52. The second kappa shape index (κ2) is 9.02. The van der Waals surface area contributed by atoms with E-state index >= 15 is 0 Å². The van der Waals surface area contributed by atoms with Gasteiger partial charge < -0.3 is 15.3 Å². The van der Waals surface area contributed by atoms with Gasteiger partial charge in [-0.15, -0.1) is 0 Å². The van der Waals surface area contributed by atoms with Crippen LogP contribution in [0.2, 0.25) is 0 Å². The summed E-state index contributed by atoms with van der Waals surface area (Å²) in [6, 6.07) is -1.13. The van der Waals surface area contributed by atoms with E-state index in [1.165, 1.54) is 18.7 Å². The van der Waals surface area contributed by atoms with E-state index in [1.54, 1.807) is 0 Å². The number of nitrogens with zero attached hydrogens (tertiary/aromatic N) is 2. The van der Waals surface area contributed by atoms with Crippen molar-refractivity contribution in [2.24, 2.45) is 5.92 Å². The van der Waals surface area contributed by atoms with Gasteiger partial charge in [-0.25, -0.2) is 4.79 Å². The van der Waals surface area contributed by atoms with Gasteiger partial charge in [0, 0.05) is 26.6 Å². The van der Waals surface area contributed by atoms with Crippen molar-refractivity contribution in [3.8, 4) is 0 Å². The Morgan fingerprint density at radius 2 is 2.00 bits per heavy atom. The zero-order valence-corrected chi connectivity index (χ0v) is 14.3. The van der Waals surface area contributed by atoms with E-state index in [0.717, 1.165) is 4.90 Å². The highest BCUT2D eigenvalue weighted by Gasteiger charge is 2.37. The molecule has 1 saturated heterocycles. The summed E-state index contributed by atoms with van der Waals surface area (Å²) in [6.45, 7) is 1.81. The Hall–Kier alpha value is -1.84. The van der Waals surface area contributed by atoms with E-state index in [-0.39, 0.29) is 32.1 Å². The standard InChI is InChI=1S/C15H24F3N3O4/c1-10(14(24)25)21(7-5-19-11(2)22)13(23)12-4-3-6-20(8-12)9-15(16,17)18/h10,12H,3-9H2,1-2H3,(H,19,22)(H,24,25). The van der Waals surface area contributed by atoms with Crippen LogP contribution in [0.5, 0.6) is 0 Å². The number of carbonyl (C=O) groups excluding carboxylic acids is 2. The fraction of sp³-hybridized carbons (Fsp3) is 0.800. The average molecular weight is 367 g/mol. The Labute approximate surface area is 144 Å². The minimum Gasteiger partial charge on any atom is -0.480 e. The second-order valence-electron chi connectivity index (χ2n) is 6.22. The molecule has 7 nitrogen and oxygen atoms in total. The minimum absolute atomic E-state index is 0.0123. The summed E-state index contributed by atoms with van der Waals surface area (Å²) in [5.41, 5.74) is 0. The van der Waals surface area contributed by atoms with Gasteiger partial charge in [0.1, 0.15) is 6.04 Å². The summed E-state index contributed by atoms with van der Waals surface area (Å²) < 4.78 is 37.6. The van der Waals surface area contributed by atoms with Gasteiger partial charge in [-0.1, -0.05) is 0 Å². The first-order valence-corrected chi connectivity index (χ1v) is 8.08. The number of carboxylic acids is 1. The normalized spacial score (nSPS) is 20.0. The Morgan fingerprint density at radius 1 is 1.36 bits per heavy atom. The van der Waals surface area contributed by atoms with Crippen molar-refractivity contribution >= 4 is 17.8 Å². The molecule has 2 atom stereocenters. The van der Waals surface area contributed by atoms with Crippen LogP contribution in [0.3, 0.4) is 0 Å². The monoisotopic (exact) mass is 367 g/mol. The number of rotatable bonds is 7. The smallest absolute Gasteiger partial charge is 0.401 e. The highest BCUT2D eigenvalue weighted by Crippen LogP contribution is 2.24. The van der Waals surface area contributed by atoms with Crippen molar-refractivity contribution in [1.82, 2.24) is 15.1 Å². The van der Waals surface area contributed by atoms with Crippen molar-refractivity contribution in [1.29, 1.82) is 0 Å². The number of nitrogens with one attached hydrogen (secondary N) is 1. The SMILES string of the molecule is CC(=O)NCCN(C(=O)C1CCCN(CC(F)(F)F)C1)C(C)C(=O)O. The van der Waals surface area contributed by atoms with Crippen molar-refractivity contribution < 1.29 is 32.7 Å². The molecule has 1 fully saturated rings. The molecule has 1 heterocycles. The second-order valence-corrected chi connectivity index (χ2v) is 6.22. The summed E-state index contributed by atoms with van der Waals surface area (Å²) in [4.78, 5) is 37.1. The van der Waals surface area contributed by atoms with Crippen LogP contribution in [0.4, 0.5) is 13.2 Å². The maximum absolute atomic E-state index is 12.7. The number of likely N-dealkylation sites (tertiary alicyclic amines) is 1. The number of hydrogen-bond acceptors (Lipinski definition) is 4. The molecule has 2 amide bonds. The van der Waals surface area contributed by atoms with Crippen LogP contribution in [0.15, 0.2) is 0 Å². The molecule has 2 unspecified atom stereocenters. The molecule has 10 heteroatoms. The van der Waals surface area contributed by atoms with Gasteiger partial charge in [-0.05, 0) is 26.3 Å². The zero-order valence-electron chi connectivity index (χ0n) is 14.3. The molecule has 2 N–H and O–H groups in total. The topological polar surface area (TPSA) is 90.0 Å². The Bertz CT molecular complexity index is 499. The van der Waals surface area contributed by atoms with Gasteiger partial charge in [0.15, 0.2) is 0 Å². The molecule has 0 aromatic heterocycles. The first-order chi connectivity index (χ1) is 11.5. The van der Waals surface area contributed by atoms with Crippen molar-refractivity contribution in [3.05, 3.63) is 0 Å². The van der Waals surface area contributed by atoms with Gasteiger partial charge in [-0.2, -0.15) is 13.2 Å². The molecule has 25 heavy (non-hydrogen) atoms. The van der Waals surface area contributed by atoms with E-state index in [0.29, 0.717) is 12.8 Å². The molecule has 0 aromatic carbocycles. The van der Waals surface area contributed by atoms with Gasteiger partial charge in [0.05, 0.1) is 12.5 Å². The summed E-state index contributed by atoms with van der Waals surface area (Å²) in [5, 5.41) is 11.7. The number of amides is 2. The molecule has 0 bridgehead atoms. The Balaban J connectivity index is 2.77. The maximum atomic E-state index is 12.7. The van der Waals surface area contributed by atoms with Crippen LogP contribution >= 0.6 is 0 Å². The summed E-state index contributed by atoms with van der Waals surface area (Å²) in [7, 11) is 0. The minimum atomic E-state index is -4.34. The first-order valence-electron chi connectivity index (χ1n) is 8.08. The largest absolute Gasteiger partial charge is 0.480 e. The molecular weight excluding hydrogens is 343 g/mol. The predicted molar refractivity (Wildman–Crippen MR) is 82.7 cm³/mol. The molecule has 0 saturated carbocycles. The molecule has 1 rings (SSSR count). The van der Waals surface area contributed by atoms with E-state index in [1.807, 2.05) is 0 Å². The number of carboxylic acid groups (broad SMARTS) is 1. The van der Waals surface area contributed by atoms with Crippen molar-refractivity contribution in [2.45, 2.75) is 38.9 Å². The van der Waals surface area contributed by atoms with E-state index < -0.39 is 36.6 Å². The predicted octanol–water partition coefficient (Wildman–Crippen LogP) is 0.698. The highest BCUT2D eigenvalue weighted by atomic mass is 19.4. The van der Waals surface area contributed by atoms with Gasteiger partial charge >= 0.3 is 12.1 Å². The number of hydrogen-bond donors (Lipinski definition) is 2. The van der Waals surface area contributed by atoms with Gasteiger partial charge in [-0.3, -0.25) is 14.5 Å². The maximum Gasteiger partial charge on any atom is 0.401 e. The Morgan fingerprint density at radius 3 is 2.52 bits per heavy atom. The van der Waals surface area contributed by atoms with Crippen molar-refractivity contribution in [2.75, 3.05) is 32.7 Å². The summed E-state index contributed by atoms with van der Waals surface area (Å²) >= 11 is 0. The highest BCUT2D eigenvalue weighted by molar-refractivity contribution is 5.85. The zero-order chi connectivity index (χ0) is 19.2. The van der Waals surface area contributed by atoms with Gasteiger partial charge in [0.2, 0.25) is 11.8 Å². The van der Waals surface area contributed by atoms with Crippen LogP contribution in [0, 0.1) is 5.92 Å². The molecular formula is C15H24F3N3O4. The Kier molecular flexibility index (Phi) is 7.65. The van der Waals surface area contributed by atoms with Crippen LogP contribution in [-0.4, -0.2) is 77.6 Å². The lowest BCUT2D eigenvalue weighted by atomic mass is 9.95. The van der Waals surface area contributed by atoms with Crippen molar-refractivity contribution in [3.63, 3.8) is 0 Å². The van der Waals surface area contributed by atoms with E-state index in [9.17, 15) is 32.7 Å². The number of alkyl halides is 3.